The molecule has 9 heteroatoms. The molecule has 1 saturated heterocycles. The van der Waals surface area contributed by atoms with Gasteiger partial charge >= 0.3 is 0 Å². The van der Waals surface area contributed by atoms with Crippen molar-refractivity contribution in [3.05, 3.63) is 23.9 Å². The second kappa shape index (κ2) is 12.9. The number of likely N-dealkylation sites (tertiary alicyclic amines) is 1. The van der Waals surface area contributed by atoms with E-state index in [1.54, 1.807) is 13.2 Å². The van der Waals surface area contributed by atoms with Crippen LogP contribution in [0.3, 0.4) is 0 Å². The zero-order valence-electron chi connectivity index (χ0n) is 18.0. The van der Waals surface area contributed by atoms with E-state index in [9.17, 15) is 4.79 Å². The van der Waals surface area contributed by atoms with Gasteiger partial charge in [-0.3, -0.25) is 9.69 Å². The lowest BCUT2D eigenvalue weighted by atomic mass is 10.1. The van der Waals surface area contributed by atoms with Gasteiger partial charge in [-0.05, 0) is 50.2 Å². The van der Waals surface area contributed by atoms with Crippen molar-refractivity contribution in [2.24, 2.45) is 10.9 Å². The van der Waals surface area contributed by atoms with E-state index in [2.05, 4.69) is 32.8 Å². The molecule has 3 rings (SSSR count). The number of halogens is 1. The highest BCUT2D eigenvalue weighted by molar-refractivity contribution is 14.0. The molecule has 1 aromatic heterocycles. The summed E-state index contributed by atoms with van der Waals surface area (Å²) in [6.45, 7) is 6.53. The van der Waals surface area contributed by atoms with E-state index in [0.717, 1.165) is 50.6 Å². The number of nitrogens with zero attached hydrogens (tertiary/aromatic N) is 3. The Hall–Kier alpha value is -1.62. The molecular weight excluding hydrogens is 495 g/mol. The number of guanidine groups is 1. The first-order valence-electron chi connectivity index (χ1n) is 10.7. The van der Waals surface area contributed by atoms with E-state index < -0.39 is 0 Å². The van der Waals surface area contributed by atoms with Crippen molar-refractivity contribution in [3.63, 3.8) is 0 Å². The Morgan fingerprint density at radius 2 is 2.07 bits per heavy atom. The van der Waals surface area contributed by atoms with Crippen LogP contribution in [0.15, 0.2) is 23.3 Å². The lowest BCUT2D eigenvalue weighted by Crippen LogP contribution is -2.50. The molecule has 0 bridgehead atoms. The minimum Gasteiger partial charge on any atom is -0.477 e. The predicted octanol–water partition coefficient (Wildman–Crippen LogP) is 1.75. The van der Waals surface area contributed by atoms with E-state index in [1.165, 1.54) is 12.8 Å². The molecule has 0 atom stereocenters. The lowest BCUT2D eigenvalue weighted by molar-refractivity contribution is -0.122. The summed E-state index contributed by atoms with van der Waals surface area (Å²) in [5, 5.41) is 9.56. The van der Waals surface area contributed by atoms with Crippen LogP contribution in [0.4, 0.5) is 0 Å². The molecule has 1 saturated carbocycles. The van der Waals surface area contributed by atoms with Gasteiger partial charge in [0.05, 0.1) is 19.7 Å². The molecular formula is C21H35IN6O2. The zero-order chi connectivity index (χ0) is 20.5. The van der Waals surface area contributed by atoms with Gasteiger partial charge in [0.1, 0.15) is 0 Å². The maximum Gasteiger partial charge on any atom is 0.233 e. The summed E-state index contributed by atoms with van der Waals surface area (Å²) < 4.78 is 5.77. The van der Waals surface area contributed by atoms with Gasteiger partial charge < -0.3 is 20.7 Å². The second-order valence-electron chi connectivity index (χ2n) is 7.82. The number of aromatic nitrogens is 1. The van der Waals surface area contributed by atoms with Crippen LogP contribution in [-0.2, 0) is 11.3 Å². The van der Waals surface area contributed by atoms with Gasteiger partial charge in [0.25, 0.3) is 0 Å². The van der Waals surface area contributed by atoms with Crippen molar-refractivity contribution in [3.8, 4) is 5.88 Å². The first-order chi connectivity index (χ1) is 14.2. The molecule has 2 heterocycles. The molecule has 0 spiro atoms. The van der Waals surface area contributed by atoms with Gasteiger partial charge in [0, 0.05) is 45.0 Å². The smallest absolute Gasteiger partial charge is 0.233 e. The normalized spacial score (nSPS) is 17.7. The maximum absolute atomic E-state index is 11.5. The number of carbonyl (C=O) groups is 1. The van der Waals surface area contributed by atoms with Gasteiger partial charge in [-0.25, -0.2) is 9.98 Å². The number of likely N-dealkylation sites (N-methyl/N-ethyl adjacent to an activating group) is 1. The lowest BCUT2D eigenvalue weighted by Gasteiger charge is -2.32. The SMILES string of the molecule is CCNC(=NCc1ccnc(OCC2CC2)c1)NC1CCN(CC(=O)NC)CC1.I. The third-order valence-electron chi connectivity index (χ3n) is 5.30. The number of nitrogens with one attached hydrogen (secondary N) is 3. The number of hydrogen-bond donors (Lipinski definition) is 3. The van der Waals surface area contributed by atoms with Crippen molar-refractivity contribution in [2.45, 2.75) is 45.2 Å². The number of pyridine rings is 1. The summed E-state index contributed by atoms with van der Waals surface area (Å²) in [6.07, 6.45) is 6.32. The molecule has 30 heavy (non-hydrogen) atoms. The summed E-state index contributed by atoms with van der Waals surface area (Å²) in [5.74, 6) is 2.30. The summed E-state index contributed by atoms with van der Waals surface area (Å²) in [6, 6.07) is 4.32. The second-order valence-corrected chi connectivity index (χ2v) is 7.82. The Kier molecular flexibility index (Phi) is 10.6. The Bertz CT molecular complexity index is 690. The highest BCUT2D eigenvalue weighted by Gasteiger charge is 2.22. The molecule has 1 amide bonds. The molecule has 1 aliphatic carbocycles. The van der Waals surface area contributed by atoms with E-state index in [4.69, 9.17) is 9.73 Å². The first-order valence-corrected chi connectivity index (χ1v) is 10.7. The standard InChI is InChI=1S/C21H34N6O2.HI/c1-3-23-21(26-18-7-10-27(11-8-18)14-19(28)22-2)25-13-17-6-9-24-20(12-17)29-15-16-4-5-16;/h6,9,12,16,18H,3-5,7-8,10-11,13-15H2,1-2H3,(H,22,28)(H2,23,25,26);1H. The quantitative estimate of drug-likeness (QED) is 0.256. The molecule has 2 aliphatic rings. The third-order valence-corrected chi connectivity index (χ3v) is 5.30. The van der Waals surface area contributed by atoms with Gasteiger partial charge in [0.2, 0.25) is 11.8 Å². The summed E-state index contributed by atoms with van der Waals surface area (Å²) in [7, 11) is 1.68. The highest BCUT2D eigenvalue weighted by Crippen LogP contribution is 2.29. The Morgan fingerprint density at radius 1 is 1.30 bits per heavy atom. The Labute approximate surface area is 196 Å². The monoisotopic (exact) mass is 530 g/mol. The van der Waals surface area contributed by atoms with Crippen molar-refractivity contribution in [1.82, 2.24) is 25.8 Å². The van der Waals surface area contributed by atoms with Crippen LogP contribution in [0.5, 0.6) is 5.88 Å². The summed E-state index contributed by atoms with van der Waals surface area (Å²) >= 11 is 0. The van der Waals surface area contributed by atoms with Crippen LogP contribution in [-0.4, -0.2) is 67.6 Å². The van der Waals surface area contributed by atoms with Crippen molar-refractivity contribution < 1.29 is 9.53 Å². The molecule has 8 nitrogen and oxygen atoms in total. The number of aliphatic imine (C=N–C) groups is 1. The summed E-state index contributed by atoms with van der Waals surface area (Å²) in [5.41, 5.74) is 1.09. The fourth-order valence-electron chi connectivity index (χ4n) is 3.32. The Morgan fingerprint density at radius 3 is 2.73 bits per heavy atom. The minimum absolute atomic E-state index is 0. The van der Waals surface area contributed by atoms with Crippen molar-refractivity contribution >= 4 is 35.8 Å². The van der Waals surface area contributed by atoms with E-state index >= 15 is 0 Å². The predicted molar refractivity (Wildman–Crippen MR) is 129 cm³/mol. The van der Waals surface area contributed by atoms with Crippen LogP contribution in [0.1, 0.15) is 38.2 Å². The van der Waals surface area contributed by atoms with Crippen molar-refractivity contribution in [1.29, 1.82) is 0 Å². The van der Waals surface area contributed by atoms with E-state index in [1.807, 2.05) is 12.1 Å². The van der Waals surface area contributed by atoms with Gasteiger partial charge in [0.15, 0.2) is 5.96 Å². The van der Waals surface area contributed by atoms with Gasteiger partial charge in [-0.2, -0.15) is 0 Å². The van der Waals surface area contributed by atoms with Crippen LogP contribution in [0.2, 0.25) is 0 Å². The van der Waals surface area contributed by atoms with E-state index in [-0.39, 0.29) is 29.9 Å². The van der Waals surface area contributed by atoms with E-state index in [0.29, 0.717) is 30.9 Å². The van der Waals surface area contributed by atoms with Crippen LogP contribution < -0.4 is 20.7 Å². The largest absolute Gasteiger partial charge is 0.477 e. The number of rotatable bonds is 9. The van der Waals surface area contributed by atoms with Gasteiger partial charge in [-0.1, -0.05) is 0 Å². The average Bonchev–Trinajstić information content (AvgIpc) is 3.57. The number of piperidine rings is 1. The zero-order valence-corrected chi connectivity index (χ0v) is 20.4. The number of ether oxygens (including phenoxy) is 1. The number of carbonyl (C=O) groups excluding carboxylic acids is 1. The average molecular weight is 530 g/mol. The number of amides is 1. The fraction of sp³-hybridized carbons (Fsp3) is 0.667. The van der Waals surface area contributed by atoms with Crippen molar-refractivity contribution in [2.75, 3.05) is 39.8 Å². The molecule has 0 aromatic carbocycles. The topological polar surface area (TPSA) is 90.9 Å². The molecule has 0 radical (unpaired) electrons. The van der Waals surface area contributed by atoms with Crippen LogP contribution in [0, 0.1) is 5.92 Å². The molecule has 1 aromatic rings. The fourth-order valence-corrected chi connectivity index (χ4v) is 3.32. The highest BCUT2D eigenvalue weighted by atomic mass is 127. The molecule has 0 unspecified atom stereocenters. The Balaban J connectivity index is 0.00000320. The number of hydrogen-bond acceptors (Lipinski definition) is 5. The molecule has 168 valence electrons. The van der Waals surface area contributed by atoms with Gasteiger partial charge in [-0.15, -0.1) is 24.0 Å². The first kappa shape index (κ1) is 24.6. The minimum atomic E-state index is 0. The van der Waals surface area contributed by atoms with Crippen LogP contribution >= 0.6 is 24.0 Å². The third kappa shape index (κ3) is 8.63. The molecule has 2 fully saturated rings. The summed E-state index contributed by atoms with van der Waals surface area (Å²) in [4.78, 5) is 22.8. The maximum atomic E-state index is 11.5. The molecule has 1 aliphatic heterocycles. The van der Waals surface area contributed by atoms with Crippen LogP contribution in [0.25, 0.3) is 0 Å². The molecule has 3 N–H and O–H groups in total.